The van der Waals surface area contributed by atoms with Crippen LogP contribution in [0.15, 0.2) is 77.2 Å². The molecule has 0 unspecified atom stereocenters. The lowest BCUT2D eigenvalue weighted by Crippen LogP contribution is -2.33. The third-order valence-corrected chi connectivity index (χ3v) is 5.19. The molecule has 0 aliphatic heterocycles. The molecule has 1 heterocycles. The van der Waals surface area contributed by atoms with E-state index in [1.807, 2.05) is 80.6 Å². The first kappa shape index (κ1) is 21.2. The minimum Gasteiger partial charge on any atom is -0.489 e. The zero-order chi connectivity index (χ0) is 22.5. The Kier molecular flexibility index (Phi) is 6.22. The molecule has 6 nitrogen and oxygen atoms in total. The van der Waals surface area contributed by atoms with Gasteiger partial charge in [0.2, 0.25) is 5.91 Å². The number of hydrogen-bond donors (Lipinski definition) is 2. The number of benzene rings is 3. The Labute approximate surface area is 186 Å². The van der Waals surface area contributed by atoms with E-state index >= 15 is 0 Å². The largest absolute Gasteiger partial charge is 0.489 e. The molecule has 0 radical (unpaired) electrons. The van der Waals surface area contributed by atoms with E-state index in [1.54, 1.807) is 6.07 Å². The summed E-state index contributed by atoms with van der Waals surface area (Å²) in [5, 5.41) is 6.32. The van der Waals surface area contributed by atoms with Gasteiger partial charge in [-0.25, -0.2) is 0 Å². The van der Waals surface area contributed by atoms with Crippen molar-refractivity contribution in [3.63, 3.8) is 0 Å². The van der Waals surface area contributed by atoms with Gasteiger partial charge in [0.15, 0.2) is 5.76 Å². The standard InChI is InChI=1S/C26H24N2O4/c1-17-9-8-10-18(2)24(17)28-23(29)15-27-26(30)25-21(16-31-19-11-4-3-5-12-19)20-13-6-7-14-22(20)32-25/h3-14H,15-16H2,1-2H3,(H,27,30)(H,28,29). The summed E-state index contributed by atoms with van der Waals surface area (Å²) in [6.07, 6.45) is 0. The monoisotopic (exact) mass is 428 g/mol. The van der Waals surface area contributed by atoms with Crippen molar-refractivity contribution < 1.29 is 18.7 Å². The maximum absolute atomic E-state index is 12.9. The molecule has 0 atom stereocenters. The Morgan fingerprint density at radius 3 is 2.31 bits per heavy atom. The third-order valence-electron chi connectivity index (χ3n) is 5.19. The van der Waals surface area contributed by atoms with Gasteiger partial charge in [0.05, 0.1) is 6.54 Å². The lowest BCUT2D eigenvalue weighted by molar-refractivity contribution is -0.115. The van der Waals surface area contributed by atoms with Crippen LogP contribution in [0.3, 0.4) is 0 Å². The van der Waals surface area contributed by atoms with Crippen molar-refractivity contribution in [1.29, 1.82) is 0 Å². The number of carbonyl (C=O) groups excluding carboxylic acids is 2. The first-order valence-corrected chi connectivity index (χ1v) is 10.4. The van der Waals surface area contributed by atoms with E-state index in [1.165, 1.54) is 0 Å². The predicted octanol–water partition coefficient (Wildman–Crippen LogP) is 5.00. The van der Waals surface area contributed by atoms with Crippen LogP contribution >= 0.6 is 0 Å². The van der Waals surface area contributed by atoms with Gasteiger partial charge in [-0.15, -0.1) is 0 Å². The van der Waals surface area contributed by atoms with E-state index < -0.39 is 5.91 Å². The minimum absolute atomic E-state index is 0.141. The Morgan fingerprint density at radius 1 is 0.875 bits per heavy atom. The fourth-order valence-electron chi connectivity index (χ4n) is 3.53. The molecular formula is C26H24N2O4. The number of nitrogens with one attached hydrogen (secondary N) is 2. The molecule has 0 saturated carbocycles. The van der Waals surface area contributed by atoms with Gasteiger partial charge in [0.1, 0.15) is 17.9 Å². The molecule has 2 amide bonds. The maximum Gasteiger partial charge on any atom is 0.287 e. The lowest BCUT2D eigenvalue weighted by atomic mass is 10.1. The smallest absolute Gasteiger partial charge is 0.287 e. The van der Waals surface area contributed by atoms with E-state index in [4.69, 9.17) is 9.15 Å². The van der Waals surface area contributed by atoms with Crippen LogP contribution in [-0.4, -0.2) is 18.4 Å². The van der Waals surface area contributed by atoms with Crippen LogP contribution in [0.25, 0.3) is 11.0 Å². The Hall–Kier alpha value is -4.06. The molecule has 0 aliphatic carbocycles. The number of furan rings is 1. The number of hydrogen-bond acceptors (Lipinski definition) is 4. The Morgan fingerprint density at radius 2 is 1.56 bits per heavy atom. The summed E-state index contributed by atoms with van der Waals surface area (Å²) >= 11 is 0. The van der Waals surface area contributed by atoms with Gasteiger partial charge in [-0.1, -0.05) is 54.6 Å². The van der Waals surface area contributed by atoms with E-state index in [9.17, 15) is 9.59 Å². The summed E-state index contributed by atoms with van der Waals surface area (Å²) in [5.74, 6) is 0.0533. The molecule has 0 spiro atoms. The van der Waals surface area contributed by atoms with Crippen LogP contribution in [-0.2, 0) is 11.4 Å². The van der Waals surface area contributed by atoms with Crippen molar-refractivity contribution in [3.8, 4) is 5.75 Å². The minimum atomic E-state index is -0.468. The summed E-state index contributed by atoms with van der Waals surface area (Å²) < 4.78 is 11.7. The summed E-state index contributed by atoms with van der Waals surface area (Å²) in [5.41, 5.74) is 3.90. The highest BCUT2D eigenvalue weighted by Crippen LogP contribution is 2.27. The van der Waals surface area contributed by atoms with Crippen molar-refractivity contribution in [2.24, 2.45) is 0 Å². The van der Waals surface area contributed by atoms with Crippen molar-refractivity contribution >= 4 is 28.5 Å². The van der Waals surface area contributed by atoms with Gasteiger partial charge in [-0.3, -0.25) is 9.59 Å². The van der Waals surface area contributed by atoms with E-state index in [-0.39, 0.29) is 24.8 Å². The van der Waals surface area contributed by atoms with Crippen LogP contribution < -0.4 is 15.4 Å². The molecule has 4 rings (SSSR count). The highest BCUT2D eigenvalue weighted by Gasteiger charge is 2.21. The number of anilines is 1. The molecule has 32 heavy (non-hydrogen) atoms. The van der Waals surface area contributed by atoms with Gasteiger partial charge in [-0.05, 0) is 43.2 Å². The molecular weight excluding hydrogens is 404 g/mol. The molecule has 4 aromatic rings. The van der Waals surface area contributed by atoms with Crippen molar-refractivity contribution in [1.82, 2.24) is 5.32 Å². The summed E-state index contributed by atoms with van der Waals surface area (Å²) in [6.45, 7) is 3.84. The average molecular weight is 428 g/mol. The van der Waals surface area contributed by atoms with Crippen molar-refractivity contribution in [2.45, 2.75) is 20.5 Å². The topological polar surface area (TPSA) is 80.6 Å². The zero-order valence-electron chi connectivity index (χ0n) is 18.0. The van der Waals surface area contributed by atoms with Crippen LogP contribution in [0, 0.1) is 13.8 Å². The molecule has 162 valence electrons. The number of carbonyl (C=O) groups is 2. The van der Waals surface area contributed by atoms with E-state index in [0.717, 1.165) is 22.2 Å². The highest BCUT2D eigenvalue weighted by molar-refractivity contribution is 6.02. The number of amides is 2. The number of fused-ring (bicyclic) bond motifs is 1. The molecule has 1 aromatic heterocycles. The molecule has 0 aliphatic rings. The van der Waals surface area contributed by atoms with Crippen LogP contribution in [0.5, 0.6) is 5.75 Å². The van der Waals surface area contributed by atoms with E-state index in [0.29, 0.717) is 16.9 Å². The van der Waals surface area contributed by atoms with Gasteiger partial charge in [0.25, 0.3) is 5.91 Å². The number of rotatable bonds is 7. The van der Waals surface area contributed by atoms with Gasteiger partial charge < -0.3 is 19.8 Å². The van der Waals surface area contributed by atoms with Crippen LogP contribution in [0.2, 0.25) is 0 Å². The number of ether oxygens (including phenoxy) is 1. The maximum atomic E-state index is 12.9. The highest BCUT2D eigenvalue weighted by atomic mass is 16.5. The Bertz CT molecular complexity index is 1240. The third kappa shape index (κ3) is 4.64. The molecule has 0 fully saturated rings. The zero-order valence-corrected chi connectivity index (χ0v) is 18.0. The van der Waals surface area contributed by atoms with Gasteiger partial charge in [-0.2, -0.15) is 0 Å². The van der Waals surface area contributed by atoms with Crippen LogP contribution in [0.4, 0.5) is 5.69 Å². The normalized spacial score (nSPS) is 10.7. The molecule has 0 bridgehead atoms. The van der Waals surface area contributed by atoms with Gasteiger partial charge in [0, 0.05) is 16.6 Å². The molecule has 0 saturated heterocycles. The second-order valence-corrected chi connectivity index (χ2v) is 7.51. The van der Waals surface area contributed by atoms with Crippen molar-refractivity contribution in [3.05, 3.63) is 95.2 Å². The van der Waals surface area contributed by atoms with Crippen molar-refractivity contribution in [2.75, 3.05) is 11.9 Å². The predicted molar refractivity (Wildman–Crippen MR) is 124 cm³/mol. The Balaban J connectivity index is 1.48. The summed E-state index contributed by atoms with van der Waals surface area (Å²) in [4.78, 5) is 25.3. The average Bonchev–Trinajstić information content (AvgIpc) is 3.18. The van der Waals surface area contributed by atoms with Gasteiger partial charge >= 0.3 is 0 Å². The second kappa shape index (κ2) is 9.39. The lowest BCUT2D eigenvalue weighted by Gasteiger charge is -2.12. The molecule has 6 heteroatoms. The molecule has 2 N–H and O–H groups in total. The van der Waals surface area contributed by atoms with Crippen LogP contribution in [0.1, 0.15) is 27.2 Å². The SMILES string of the molecule is Cc1cccc(C)c1NC(=O)CNC(=O)c1oc2ccccc2c1COc1ccccc1. The first-order chi connectivity index (χ1) is 15.5. The summed E-state index contributed by atoms with van der Waals surface area (Å²) in [6, 6.07) is 22.5. The number of para-hydroxylation sites is 3. The first-order valence-electron chi connectivity index (χ1n) is 10.4. The fraction of sp³-hybridized carbons (Fsp3) is 0.154. The summed E-state index contributed by atoms with van der Waals surface area (Å²) in [7, 11) is 0. The second-order valence-electron chi connectivity index (χ2n) is 7.51. The fourth-order valence-corrected chi connectivity index (χ4v) is 3.53. The van der Waals surface area contributed by atoms with E-state index in [2.05, 4.69) is 10.6 Å². The quantitative estimate of drug-likeness (QED) is 0.434. The molecule has 3 aromatic carbocycles. The number of aryl methyl sites for hydroxylation is 2.